The van der Waals surface area contributed by atoms with Gasteiger partial charge in [-0.1, -0.05) is 41.1 Å². The van der Waals surface area contributed by atoms with Crippen LogP contribution in [0.25, 0.3) is 10.2 Å². The second-order valence-electron chi connectivity index (χ2n) is 6.46. The summed E-state index contributed by atoms with van der Waals surface area (Å²) in [7, 11) is 0. The molecule has 0 bridgehead atoms. The minimum absolute atomic E-state index is 0.0431. The Morgan fingerprint density at radius 2 is 1.69 bits per heavy atom. The summed E-state index contributed by atoms with van der Waals surface area (Å²) in [5.41, 5.74) is 2.65. The van der Waals surface area contributed by atoms with Crippen molar-refractivity contribution in [3.05, 3.63) is 88.7 Å². The number of carbonyl (C=O) groups is 2. The van der Waals surface area contributed by atoms with Crippen molar-refractivity contribution in [2.45, 2.75) is 13.5 Å². The number of pyridine rings is 1. The van der Waals surface area contributed by atoms with Crippen LogP contribution in [0.3, 0.4) is 0 Å². The van der Waals surface area contributed by atoms with Crippen LogP contribution in [-0.2, 0) is 6.54 Å². The first-order valence-electron chi connectivity index (χ1n) is 8.90. The second-order valence-corrected chi connectivity index (χ2v) is 7.88. The number of halogens is 1. The van der Waals surface area contributed by atoms with Crippen LogP contribution in [0.1, 0.15) is 33.2 Å². The van der Waals surface area contributed by atoms with Crippen LogP contribution in [-0.4, -0.2) is 21.7 Å². The molecule has 0 fully saturated rings. The van der Waals surface area contributed by atoms with Crippen LogP contribution < -0.4 is 4.90 Å². The number of carbonyl (C=O) groups excluding carboxylic acids is 2. The van der Waals surface area contributed by atoms with Crippen LogP contribution >= 0.6 is 22.9 Å². The maximum absolute atomic E-state index is 13.4. The summed E-state index contributed by atoms with van der Waals surface area (Å²) in [5.74, 6) is -0.245. The van der Waals surface area contributed by atoms with Gasteiger partial charge in [-0.05, 0) is 48.9 Å². The van der Waals surface area contributed by atoms with Crippen LogP contribution in [0.15, 0.2) is 67.0 Å². The minimum Gasteiger partial charge on any atom is -0.295 e. The summed E-state index contributed by atoms with van der Waals surface area (Å²) < 4.78 is 0.909. The smallest absolute Gasteiger partial charge is 0.260 e. The van der Waals surface area contributed by atoms with Gasteiger partial charge in [-0.25, -0.2) is 4.98 Å². The predicted octanol–water partition coefficient (Wildman–Crippen LogP) is 5.39. The molecule has 0 radical (unpaired) electrons. The first-order valence-corrected chi connectivity index (χ1v) is 10.1. The van der Waals surface area contributed by atoms with Crippen molar-refractivity contribution in [1.29, 1.82) is 0 Å². The van der Waals surface area contributed by atoms with Crippen LogP contribution in [0.4, 0.5) is 5.13 Å². The minimum atomic E-state index is -0.202. The number of thiazole rings is 1. The highest BCUT2D eigenvalue weighted by Crippen LogP contribution is 2.34. The van der Waals surface area contributed by atoms with Crippen LogP contribution in [0, 0.1) is 0 Å². The number of hydrogen-bond acceptors (Lipinski definition) is 5. The average Bonchev–Trinajstić information content (AvgIpc) is 3.18. The number of aromatic nitrogens is 2. The van der Waals surface area contributed by atoms with E-state index < -0.39 is 0 Å². The van der Waals surface area contributed by atoms with Gasteiger partial charge in [-0.15, -0.1) is 0 Å². The van der Waals surface area contributed by atoms with E-state index in [4.69, 9.17) is 11.6 Å². The van der Waals surface area contributed by atoms with Crippen molar-refractivity contribution >= 4 is 50.0 Å². The summed E-state index contributed by atoms with van der Waals surface area (Å²) in [5, 5.41) is 1.11. The van der Waals surface area contributed by atoms with E-state index in [2.05, 4.69) is 9.97 Å². The van der Waals surface area contributed by atoms with Gasteiger partial charge >= 0.3 is 0 Å². The summed E-state index contributed by atoms with van der Waals surface area (Å²) >= 11 is 7.69. The van der Waals surface area contributed by atoms with E-state index in [1.54, 1.807) is 47.6 Å². The number of para-hydroxylation sites is 1. The molecule has 0 N–H and O–H groups in total. The van der Waals surface area contributed by atoms with E-state index >= 15 is 0 Å². The fourth-order valence-electron chi connectivity index (χ4n) is 2.92. The van der Waals surface area contributed by atoms with Gasteiger partial charge in [-0.3, -0.25) is 19.5 Å². The largest absolute Gasteiger partial charge is 0.295 e. The van der Waals surface area contributed by atoms with Crippen molar-refractivity contribution in [3.63, 3.8) is 0 Å². The van der Waals surface area contributed by atoms with Crippen molar-refractivity contribution in [2.24, 2.45) is 0 Å². The van der Waals surface area contributed by atoms with E-state index in [9.17, 15) is 9.59 Å². The van der Waals surface area contributed by atoms with E-state index in [0.29, 0.717) is 33.3 Å². The molecule has 0 aliphatic heterocycles. The monoisotopic (exact) mass is 421 g/mol. The number of fused-ring (bicyclic) bond motifs is 1. The van der Waals surface area contributed by atoms with Gasteiger partial charge < -0.3 is 0 Å². The lowest BCUT2D eigenvalue weighted by Gasteiger charge is -2.20. The molecular formula is C22H16ClN3O2S. The molecule has 0 spiro atoms. The molecule has 2 heterocycles. The lowest BCUT2D eigenvalue weighted by atomic mass is 10.1. The number of benzene rings is 2. The maximum Gasteiger partial charge on any atom is 0.260 e. The zero-order chi connectivity index (χ0) is 20.4. The third-order valence-electron chi connectivity index (χ3n) is 4.46. The highest BCUT2D eigenvalue weighted by molar-refractivity contribution is 7.22. The van der Waals surface area contributed by atoms with Crippen LogP contribution in [0.5, 0.6) is 0 Å². The first-order chi connectivity index (χ1) is 14.0. The molecule has 5 nitrogen and oxygen atoms in total. The predicted molar refractivity (Wildman–Crippen MR) is 116 cm³/mol. The van der Waals surface area contributed by atoms with Gasteiger partial charge in [0, 0.05) is 23.5 Å². The Kier molecular flexibility index (Phi) is 5.38. The maximum atomic E-state index is 13.4. The number of anilines is 1. The molecule has 0 aliphatic rings. The molecule has 0 saturated carbocycles. The van der Waals surface area contributed by atoms with E-state index in [1.165, 1.54) is 18.3 Å². The number of amides is 1. The molecule has 0 aliphatic carbocycles. The lowest BCUT2D eigenvalue weighted by molar-refractivity contribution is 0.0981. The highest BCUT2D eigenvalue weighted by atomic mass is 35.5. The van der Waals surface area contributed by atoms with Crippen molar-refractivity contribution in [3.8, 4) is 0 Å². The Bertz CT molecular complexity index is 1190. The molecule has 7 heteroatoms. The average molecular weight is 422 g/mol. The summed E-state index contributed by atoms with van der Waals surface area (Å²) in [6, 6.07) is 16.0. The van der Waals surface area contributed by atoms with Crippen molar-refractivity contribution in [2.75, 3.05) is 4.90 Å². The molecule has 29 heavy (non-hydrogen) atoms. The van der Waals surface area contributed by atoms with Gasteiger partial charge in [0.2, 0.25) is 0 Å². The number of nitrogens with zero attached hydrogens (tertiary/aromatic N) is 3. The Morgan fingerprint density at radius 3 is 2.34 bits per heavy atom. The molecule has 2 aromatic carbocycles. The Hall–Kier alpha value is -3.09. The van der Waals surface area contributed by atoms with Gasteiger partial charge in [-0.2, -0.15) is 0 Å². The van der Waals surface area contributed by atoms with Gasteiger partial charge in [0.05, 0.1) is 16.3 Å². The molecule has 0 saturated heterocycles. The Balaban J connectivity index is 1.75. The third-order valence-corrected chi connectivity index (χ3v) is 5.81. The summed E-state index contributed by atoms with van der Waals surface area (Å²) in [6.07, 6.45) is 3.38. The molecule has 2 aromatic heterocycles. The number of hydrogen-bond donors (Lipinski definition) is 0. The molecule has 4 rings (SSSR count). The first kappa shape index (κ1) is 19.2. The molecular weight excluding hydrogens is 406 g/mol. The second kappa shape index (κ2) is 8.11. The van der Waals surface area contributed by atoms with E-state index in [-0.39, 0.29) is 11.7 Å². The fraction of sp³-hybridized carbons (Fsp3) is 0.0909. The topological polar surface area (TPSA) is 63.2 Å². The zero-order valence-electron chi connectivity index (χ0n) is 15.5. The summed E-state index contributed by atoms with van der Waals surface area (Å²) in [4.78, 5) is 35.2. The van der Waals surface area contributed by atoms with Crippen LogP contribution in [0.2, 0.25) is 5.02 Å². The van der Waals surface area contributed by atoms with E-state index in [1.807, 2.05) is 24.3 Å². The molecule has 1 amide bonds. The Morgan fingerprint density at radius 1 is 1.00 bits per heavy atom. The summed E-state index contributed by atoms with van der Waals surface area (Å²) in [6.45, 7) is 1.84. The van der Waals surface area contributed by atoms with Gasteiger partial charge in [0.15, 0.2) is 10.9 Å². The standard InChI is InChI=1S/C22H16ClN3O2S/c1-14(27)16-5-7-17(8-6-16)21(28)26(13-15-9-11-24-12-10-15)22-25-20-18(23)3-2-4-19(20)29-22/h2-12H,13H2,1H3. The Labute approximate surface area is 176 Å². The van der Waals surface area contributed by atoms with Gasteiger partial charge in [0.25, 0.3) is 5.91 Å². The number of rotatable bonds is 5. The number of Topliss-reactive ketones (excluding diaryl/α,β-unsaturated/α-hetero) is 1. The third kappa shape index (κ3) is 4.04. The lowest BCUT2D eigenvalue weighted by Crippen LogP contribution is -2.30. The number of ketones is 1. The molecule has 4 aromatic rings. The van der Waals surface area contributed by atoms with E-state index in [0.717, 1.165) is 10.3 Å². The zero-order valence-corrected chi connectivity index (χ0v) is 17.1. The van der Waals surface area contributed by atoms with Gasteiger partial charge in [0.1, 0.15) is 5.52 Å². The molecule has 0 atom stereocenters. The highest BCUT2D eigenvalue weighted by Gasteiger charge is 2.22. The quantitative estimate of drug-likeness (QED) is 0.405. The molecule has 144 valence electrons. The SMILES string of the molecule is CC(=O)c1ccc(C(=O)N(Cc2ccncc2)c2nc3c(Cl)cccc3s2)cc1. The van der Waals surface area contributed by atoms with Crippen molar-refractivity contribution in [1.82, 2.24) is 9.97 Å². The van der Waals surface area contributed by atoms with Crippen molar-refractivity contribution < 1.29 is 9.59 Å². The molecule has 0 unspecified atom stereocenters. The fourth-order valence-corrected chi connectivity index (χ4v) is 4.18. The normalized spacial score (nSPS) is 10.8.